The van der Waals surface area contributed by atoms with Gasteiger partial charge in [0.15, 0.2) is 0 Å². The molecule has 0 aromatic heterocycles. The SMILES string of the molecule is COc1ccc(C(=O)NC2C(c3ccc(S(N)(=O)=O)cc3)C2(C)C)c(C)c1. The monoisotopic (exact) mass is 388 g/mol. The van der Waals surface area contributed by atoms with Crippen molar-refractivity contribution >= 4 is 15.9 Å². The molecule has 1 aliphatic rings. The van der Waals surface area contributed by atoms with E-state index < -0.39 is 10.0 Å². The third-order valence-electron chi connectivity index (χ3n) is 5.36. The van der Waals surface area contributed by atoms with E-state index in [1.54, 1.807) is 31.4 Å². The summed E-state index contributed by atoms with van der Waals surface area (Å²) in [4.78, 5) is 12.8. The van der Waals surface area contributed by atoms with Gasteiger partial charge in [0.25, 0.3) is 5.91 Å². The lowest BCUT2D eigenvalue weighted by Crippen LogP contribution is -2.29. The maximum absolute atomic E-state index is 12.7. The van der Waals surface area contributed by atoms with Gasteiger partial charge in [0.05, 0.1) is 12.0 Å². The predicted molar refractivity (Wildman–Crippen MR) is 103 cm³/mol. The van der Waals surface area contributed by atoms with Gasteiger partial charge in [-0.05, 0) is 53.8 Å². The number of amides is 1. The van der Waals surface area contributed by atoms with Crippen LogP contribution in [0.25, 0.3) is 0 Å². The zero-order valence-corrected chi connectivity index (χ0v) is 16.6. The Morgan fingerprint density at radius 1 is 1.15 bits per heavy atom. The first-order valence-electron chi connectivity index (χ1n) is 8.64. The van der Waals surface area contributed by atoms with Gasteiger partial charge in [-0.3, -0.25) is 4.79 Å². The molecule has 3 N–H and O–H groups in total. The first kappa shape index (κ1) is 19.4. The van der Waals surface area contributed by atoms with E-state index in [9.17, 15) is 13.2 Å². The molecule has 1 fully saturated rings. The number of primary sulfonamides is 1. The summed E-state index contributed by atoms with van der Waals surface area (Å²) in [6.07, 6.45) is 0. The molecule has 6 nitrogen and oxygen atoms in total. The summed E-state index contributed by atoms with van der Waals surface area (Å²) >= 11 is 0. The Balaban J connectivity index is 1.77. The van der Waals surface area contributed by atoms with Gasteiger partial charge in [-0.2, -0.15) is 0 Å². The van der Waals surface area contributed by atoms with Crippen molar-refractivity contribution < 1.29 is 17.9 Å². The molecule has 2 aromatic rings. The summed E-state index contributed by atoms with van der Waals surface area (Å²) in [5.41, 5.74) is 2.31. The Morgan fingerprint density at radius 2 is 1.78 bits per heavy atom. The number of carbonyl (C=O) groups excluding carboxylic acids is 1. The number of rotatable bonds is 5. The van der Waals surface area contributed by atoms with Crippen LogP contribution in [0.15, 0.2) is 47.4 Å². The first-order valence-corrected chi connectivity index (χ1v) is 10.2. The number of sulfonamides is 1. The molecule has 1 aliphatic carbocycles. The maximum Gasteiger partial charge on any atom is 0.251 e. The summed E-state index contributed by atoms with van der Waals surface area (Å²) in [5, 5.41) is 8.26. The van der Waals surface area contributed by atoms with Gasteiger partial charge < -0.3 is 10.1 Å². The van der Waals surface area contributed by atoms with E-state index in [1.807, 2.05) is 13.0 Å². The van der Waals surface area contributed by atoms with Crippen molar-refractivity contribution in [2.75, 3.05) is 7.11 Å². The van der Waals surface area contributed by atoms with Crippen LogP contribution in [-0.2, 0) is 10.0 Å². The van der Waals surface area contributed by atoms with E-state index in [-0.39, 0.29) is 28.2 Å². The lowest BCUT2D eigenvalue weighted by Gasteiger charge is -2.10. The molecule has 0 aliphatic heterocycles. The van der Waals surface area contributed by atoms with Crippen LogP contribution < -0.4 is 15.2 Å². The van der Waals surface area contributed by atoms with Crippen molar-refractivity contribution in [1.29, 1.82) is 0 Å². The number of aryl methyl sites for hydroxylation is 1. The highest BCUT2D eigenvalue weighted by atomic mass is 32.2. The normalized spacial score (nSPS) is 20.8. The highest BCUT2D eigenvalue weighted by molar-refractivity contribution is 7.89. The second-order valence-electron chi connectivity index (χ2n) is 7.55. The minimum absolute atomic E-state index is 0.0353. The van der Waals surface area contributed by atoms with E-state index >= 15 is 0 Å². The molecule has 144 valence electrons. The fourth-order valence-electron chi connectivity index (χ4n) is 3.63. The fourth-order valence-corrected chi connectivity index (χ4v) is 4.15. The van der Waals surface area contributed by atoms with Gasteiger partial charge in [0.1, 0.15) is 5.75 Å². The van der Waals surface area contributed by atoms with Gasteiger partial charge in [-0.25, -0.2) is 13.6 Å². The van der Waals surface area contributed by atoms with Crippen molar-refractivity contribution in [3.63, 3.8) is 0 Å². The average Bonchev–Trinajstić information content (AvgIpc) is 3.13. The zero-order chi connectivity index (χ0) is 20.0. The van der Waals surface area contributed by atoms with Crippen molar-refractivity contribution in [2.45, 2.75) is 37.6 Å². The van der Waals surface area contributed by atoms with E-state index in [0.717, 1.165) is 11.1 Å². The number of nitrogens with one attached hydrogen (secondary N) is 1. The number of methoxy groups -OCH3 is 1. The number of ether oxygens (including phenoxy) is 1. The van der Waals surface area contributed by atoms with Gasteiger partial charge in [0, 0.05) is 17.5 Å². The Kier molecular flexibility index (Phi) is 4.78. The topological polar surface area (TPSA) is 98.5 Å². The standard InChI is InChI=1S/C20H24N2O4S/c1-12-11-14(26-4)7-10-16(12)19(23)22-18-17(20(18,2)3)13-5-8-15(9-6-13)27(21,24)25/h5-11,17-18H,1-4H3,(H,22,23)(H2,21,24,25). The maximum atomic E-state index is 12.7. The van der Waals surface area contributed by atoms with Gasteiger partial charge >= 0.3 is 0 Å². The third kappa shape index (κ3) is 3.70. The molecule has 0 saturated heterocycles. The molecule has 0 bridgehead atoms. The van der Waals surface area contributed by atoms with Crippen LogP contribution >= 0.6 is 0 Å². The van der Waals surface area contributed by atoms with Crippen LogP contribution in [0.2, 0.25) is 0 Å². The fraction of sp³-hybridized carbons (Fsp3) is 0.350. The number of nitrogens with two attached hydrogens (primary N) is 1. The van der Waals surface area contributed by atoms with Gasteiger partial charge in [0.2, 0.25) is 10.0 Å². The van der Waals surface area contributed by atoms with Crippen LogP contribution in [0.5, 0.6) is 5.75 Å². The number of benzene rings is 2. The van der Waals surface area contributed by atoms with Crippen molar-refractivity contribution in [1.82, 2.24) is 5.32 Å². The van der Waals surface area contributed by atoms with Crippen molar-refractivity contribution in [2.24, 2.45) is 10.6 Å². The molecular weight excluding hydrogens is 364 g/mol. The molecular formula is C20H24N2O4S. The average molecular weight is 388 g/mol. The Bertz CT molecular complexity index is 982. The third-order valence-corrected chi connectivity index (χ3v) is 6.29. The number of carbonyl (C=O) groups is 1. The summed E-state index contributed by atoms with van der Waals surface area (Å²) in [7, 11) is -2.12. The van der Waals surface area contributed by atoms with Crippen molar-refractivity contribution in [3.05, 3.63) is 59.2 Å². The van der Waals surface area contributed by atoms with Crippen LogP contribution in [0, 0.1) is 12.3 Å². The van der Waals surface area contributed by atoms with Crippen LogP contribution in [-0.4, -0.2) is 27.5 Å². The van der Waals surface area contributed by atoms with E-state index in [1.165, 1.54) is 12.1 Å². The predicted octanol–water partition coefficient (Wildman–Crippen LogP) is 2.57. The molecule has 1 saturated carbocycles. The number of hydrogen-bond acceptors (Lipinski definition) is 4. The molecule has 2 unspecified atom stereocenters. The molecule has 7 heteroatoms. The van der Waals surface area contributed by atoms with Crippen molar-refractivity contribution in [3.8, 4) is 5.75 Å². The Labute approximate surface area is 159 Å². The van der Waals surface area contributed by atoms with Gasteiger partial charge in [-0.15, -0.1) is 0 Å². The lowest BCUT2D eigenvalue weighted by molar-refractivity contribution is 0.0945. The van der Waals surface area contributed by atoms with E-state index in [0.29, 0.717) is 11.3 Å². The Morgan fingerprint density at radius 3 is 2.30 bits per heavy atom. The first-order chi connectivity index (χ1) is 12.6. The molecule has 0 spiro atoms. The van der Waals surface area contributed by atoms with Crippen LogP contribution in [0.4, 0.5) is 0 Å². The van der Waals surface area contributed by atoms with Gasteiger partial charge in [-0.1, -0.05) is 26.0 Å². The molecule has 27 heavy (non-hydrogen) atoms. The lowest BCUT2D eigenvalue weighted by atomic mass is 10.0. The largest absolute Gasteiger partial charge is 0.497 e. The Hall–Kier alpha value is -2.38. The minimum atomic E-state index is -3.71. The number of hydrogen-bond donors (Lipinski definition) is 2. The minimum Gasteiger partial charge on any atom is -0.497 e. The molecule has 3 rings (SSSR count). The smallest absolute Gasteiger partial charge is 0.251 e. The zero-order valence-electron chi connectivity index (χ0n) is 15.8. The molecule has 2 atom stereocenters. The second-order valence-corrected chi connectivity index (χ2v) is 9.11. The van der Waals surface area contributed by atoms with E-state index in [4.69, 9.17) is 9.88 Å². The highest BCUT2D eigenvalue weighted by Crippen LogP contribution is 2.58. The van der Waals surface area contributed by atoms with Crippen LogP contribution in [0.1, 0.15) is 41.3 Å². The summed E-state index contributed by atoms with van der Waals surface area (Å²) in [5.74, 6) is 0.690. The molecule has 0 heterocycles. The quantitative estimate of drug-likeness (QED) is 0.822. The van der Waals surface area contributed by atoms with Crippen LogP contribution in [0.3, 0.4) is 0 Å². The molecule has 1 amide bonds. The molecule has 2 aromatic carbocycles. The molecule has 0 radical (unpaired) electrons. The highest BCUT2D eigenvalue weighted by Gasteiger charge is 2.59. The summed E-state index contributed by atoms with van der Waals surface area (Å²) < 4.78 is 28.0. The second kappa shape index (κ2) is 6.65. The summed E-state index contributed by atoms with van der Waals surface area (Å²) in [6, 6.07) is 11.9. The van der Waals surface area contributed by atoms with E-state index in [2.05, 4.69) is 19.2 Å². The summed E-state index contributed by atoms with van der Waals surface area (Å²) in [6.45, 7) is 6.03.